The fraction of sp³-hybridized carbons (Fsp3) is 0.632. The second kappa shape index (κ2) is 8.46. The summed E-state index contributed by atoms with van der Waals surface area (Å²) in [5.74, 6) is -0.613. The molecule has 0 saturated heterocycles. The lowest BCUT2D eigenvalue weighted by Gasteiger charge is -2.29. The summed E-state index contributed by atoms with van der Waals surface area (Å²) in [6.07, 6.45) is 0.0977. The third-order valence-corrected chi connectivity index (χ3v) is 3.62. The van der Waals surface area contributed by atoms with Crippen molar-refractivity contribution in [2.45, 2.75) is 65.2 Å². The SMILES string of the molecule is CC(C)CC(C(=O)OC(C)(C)C)C(O)CC(N)c1ccccc1. The third kappa shape index (κ3) is 7.14. The number of hydrogen-bond donors (Lipinski definition) is 2. The molecule has 0 bridgehead atoms. The van der Waals surface area contributed by atoms with Crippen molar-refractivity contribution in [2.75, 3.05) is 0 Å². The molecule has 0 radical (unpaired) electrons. The molecule has 0 aliphatic heterocycles. The van der Waals surface area contributed by atoms with Gasteiger partial charge in [-0.25, -0.2) is 0 Å². The lowest BCUT2D eigenvalue weighted by molar-refractivity contribution is -0.165. The van der Waals surface area contributed by atoms with E-state index in [1.54, 1.807) is 0 Å². The molecular formula is C19H31NO3. The van der Waals surface area contributed by atoms with Crippen LogP contribution in [0.4, 0.5) is 0 Å². The summed E-state index contributed by atoms with van der Waals surface area (Å²) in [5.41, 5.74) is 6.58. The average Bonchev–Trinajstić information content (AvgIpc) is 2.43. The number of esters is 1. The van der Waals surface area contributed by atoms with Crippen molar-refractivity contribution in [1.29, 1.82) is 0 Å². The Morgan fingerprint density at radius 1 is 1.17 bits per heavy atom. The van der Waals surface area contributed by atoms with E-state index in [0.29, 0.717) is 12.8 Å². The van der Waals surface area contributed by atoms with Crippen LogP contribution in [0.2, 0.25) is 0 Å². The van der Waals surface area contributed by atoms with E-state index in [9.17, 15) is 9.90 Å². The fourth-order valence-corrected chi connectivity index (χ4v) is 2.56. The van der Waals surface area contributed by atoms with E-state index in [-0.39, 0.29) is 17.9 Å². The monoisotopic (exact) mass is 321 g/mol. The number of rotatable bonds is 7. The maximum absolute atomic E-state index is 12.4. The molecule has 1 aromatic rings. The summed E-state index contributed by atoms with van der Waals surface area (Å²) in [6, 6.07) is 9.32. The van der Waals surface area contributed by atoms with Crippen LogP contribution >= 0.6 is 0 Å². The molecule has 0 spiro atoms. The highest BCUT2D eigenvalue weighted by molar-refractivity contribution is 5.73. The Hall–Kier alpha value is -1.39. The summed E-state index contributed by atoms with van der Waals surface area (Å²) in [4.78, 5) is 12.4. The van der Waals surface area contributed by atoms with Gasteiger partial charge in [0.25, 0.3) is 0 Å². The second-order valence-corrected chi connectivity index (χ2v) is 7.59. The summed E-state index contributed by atoms with van der Waals surface area (Å²) in [6.45, 7) is 9.56. The van der Waals surface area contributed by atoms with Crippen molar-refractivity contribution in [1.82, 2.24) is 0 Å². The highest BCUT2D eigenvalue weighted by atomic mass is 16.6. The van der Waals surface area contributed by atoms with E-state index in [1.165, 1.54) is 0 Å². The van der Waals surface area contributed by atoms with Gasteiger partial charge >= 0.3 is 5.97 Å². The molecule has 0 saturated carbocycles. The topological polar surface area (TPSA) is 72.5 Å². The second-order valence-electron chi connectivity index (χ2n) is 7.59. The summed E-state index contributed by atoms with van der Waals surface area (Å²) in [5, 5.41) is 10.6. The molecule has 3 N–H and O–H groups in total. The Balaban J connectivity index is 2.79. The van der Waals surface area contributed by atoms with Gasteiger partial charge in [-0.1, -0.05) is 44.2 Å². The van der Waals surface area contributed by atoms with Crippen LogP contribution in [0.5, 0.6) is 0 Å². The number of carbonyl (C=O) groups is 1. The minimum atomic E-state index is -0.817. The first kappa shape index (κ1) is 19.7. The molecule has 130 valence electrons. The van der Waals surface area contributed by atoms with E-state index in [4.69, 9.17) is 10.5 Å². The van der Waals surface area contributed by atoms with Gasteiger partial charge in [-0.3, -0.25) is 4.79 Å². The number of benzene rings is 1. The van der Waals surface area contributed by atoms with Gasteiger partial charge in [-0.2, -0.15) is 0 Å². The number of hydrogen-bond acceptors (Lipinski definition) is 4. The Kier molecular flexibility index (Phi) is 7.23. The van der Waals surface area contributed by atoms with E-state index in [0.717, 1.165) is 5.56 Å². The molecule has 1 aromatic carbocycles. The van der Waals surface area contributed by atoms with E-state index < -0.39 is 17.6 Å². The first-order valence-electron chi connectivity index (χ1n) is 8.31. The zero-order chi connectivity index (χ0) is 17.6. The Morgan fingerprint density at radius 3 is 2.22 bits per heavy atom. The van der Waals surface area contributed by atoms with Gasteiger partial charge in [0.05, 0.1) is 12.0 Å². The Bertz CT molecular complexity index is 479. The fourth-order valence-electron chi connectivity index (χ4n) is 2.56. The number of ether oxygens (including phenoxy) is 1. The van der Waals surface area contributed by atoms with E-state index in [2.05, 4.69) is 0 Å². The van der Waals surface area contributed by atoms with E-state index in [1.807, 2.05) is 65.0 Å². The first-order valence-corrected chi connectivity index (χ1v) is 8.31. The number of aliphatic hydroxyl groups excluding tert-OH is 1. The molecule has 23 heavy (non-hydrogen) atoms. The van der Waals surface area contributed by atoms with Crippen LogP contribution in [0, 0.1) is 11.8 Å². The first-order chi connectivity index (χ1) is 10.6. The van der Waals surface area contributed by atoms with Gasteiger partial charge in [-0.15, -0.1) is 0 Å². The molecular weight excluding hydrogens is 290 g/mol. The van der Waals surface area contributed by atoms with Gasteiger partial charge in [0, 0.05) is 6.04 Å². The summed E-state index contributed by atoms with van der Waals surface area (Å²) in [7, 11) is 0. The maximum Gasteiger partial charge on any atom is 0.312 e. The van der Waals surface area contributed by atoms with Crippen molar-refractivity contribution >= 4 is 5.97 Å². The van der Waals surface area contributed by atoms with Crippen molar-refractivity contribution in [3.63, 3.8) is 0 Å². The van der Waals surface area contributed by atoms with Gasteiger partial charge in [-0.05, 0) is 45.1 Å². The lowest BCUT2D eigenvalue weighted by Crippen LogP contribution is -2.37. The van der Waals surface area contributed by atoms with Crippen molar-refractivity contribution < 1.29 is 14.6 Å². The molecule has 0 heterocycles. The van der Waals surface area contributed by atoms with E-state index >= 15 is 0 Å². The standard InChI is InChI=1S/C19H31NO3/c1-13(2)11-15(18(22)23-19(3,4)5)17(21)12-16(20)14-9-7-6-8-10-14/h6-10,13,15-17,21H,11-12,20H2,1-5H3. The largest absolute Gasteiger partial charge is 0.460 e. The maximum atomic E-state index is 12.4. The zero-order valence-electron chi connectivity index (χ0n) is 15.0. The molecule has 0 aromatic heterocycles. The van der Waals surface area contributed by atoms with Crippen LogP contribution in [0.15, 0.2) is 30.3 Å². The van der Waals surface area contributed by atoms with Gasteiger partial charge in [0.2, 0.25) is 0 Å². The zero-order valence-corrected chi connectivity index (χ0v) is 15.0. The Morgan fingerprint density at radius 2 is 1.74 bits per heavy atom. The van der Waals surface area contributed by atoms with Crippen molar-refractivity contribution in [3.8, 4) is 0 Å². The molecule has 0 amide bonds. The van der Waals surface area contributed by atoms with Gasteiger partial charge < -0.3 is 15.6 Å². The minimum absolute atomic E-state index is 0.287. The normalized spacial score (nSPS) is 16.0. The van der Waals surface area contributed by atoms with Crippen LogP contribution in [0.25, 0.3) is 0 Å². The molecule has 0 aliphatic carbocycles. The van der Waals surface area contributed by atoms with Gasteiger partial charge in [0.15, 0.2) is 0 Å². The number of carbonyl (C=O) groups excluding carboxylic acids is 1. The molecule has 0 aliphatic rings. The smallest absolute Gasteiger partial charge is 0.312 e. The van der Waals surface area contributed by atoms with Crippen LogP contribution in [-0.2, 0) is 9.53 Å². The van der Waals surface area contributed by atoms with Crippen molar-refractivity contribution in [3.05, 3.63) is 35.9 Å². The predicted octanol–water partition coefficient (Wildman–Crippen LogP) is 3.44. The number of aliphatic hydroxyl groups is 1. The molecule has 1 rings (SSSR count). The van der Waals surface area contributed by atoms with Crippen LogP contribution in [-0.4, -0.2) is 22.8 Å². The summed E-state index contributed by atoms with van der Waals surface area (Å²) < 4.78 is 5.47. The quantitative estimate of drug-likeness (QED) is 0.755. The molecule has 3 atom stereocenters. The van der Waals surface area contributed by atoms with Crippen LogP contribution in [0.3, 0.4) is 0 Å². The predicted molar refractivity (Wildman–Crippen MR) is 92.8 cm³/mol. The van der Waals surface area contributed by atoms with Gasteiger partial charge in [0.1, 0.15) is 5.60 Å². The highest BCUT2D eigenvalue weighted by Gasteiger charge is 2.32. The number of nitrogens with two attached hydrogens (primary N) is 1. The Labute approximate surface area is 140 Å². The van der Waals surface area contributed by atoms with Crippen LogP contribution < -0.4 is 5.73 Å². The summed E-state index contributed by atoms with van der Waals surface area (Å²) >= 11 is 0. The molecule has 4 heteroatoms. The average molecular weight is 321 g/mol. The molecule has 0 fully saturated rings. The lowest BCUT2D eigenvalue weighted by atomic mass is 9.87. The minimum Gasteiger partial charge on any atom is -0.460 e. The molecule has 4 nitrogen and oxygen atoms in total. The highest BCUT2D eigenvalue weighted by Crippen LogP contribution is 2.26. The molecule has 3 unspecified atom stereocenters. The van der Waals surface area contributed by atoms with Crippen molar-refractivity contribution in [2.24, 2.45) is 17.6 Å². The third-order valence-electron chi connectivity index (χ3n) is 3.62. The van der Waals surface area contributed by atoms with Crippen LogP contribution in [0.1, 0.15) is 59.1 Å².